The number of hydrogen-bond donors (Lipinski definition) is 3. The Morgan fingerprint density at radius 2 is 2.03 bits per heavy atom. The van der Waals surface area contributed by atoms with Crippen molar-refractivity contribution >= 4 is 33.4 Å². The van der Waals surface area contributed by atoms with Gasteiger partial charge in [-0.3, -0.25) is 0 Å². The van der Waals surface area contributed by atoms with Crippen molar-refractivity contribution < 1.29 is 18.3 Å². The highest BCUT2D eigenvalue weighted by Crippen LogP contribution is 2.39. The standard InChI is InChI=1S/C20H21BrF3N5O/c1-11-9-26-19(29-18(11)28-16-5-3-2-4-12(16)8-25)27-14-6-13(10-30)17(21)15(7-14)20(22,23)24/h6-7,9,12,16,30H,2-5,10H2,1H3,(H2,26,27,28,29)/t12-,16+/m0/s1. The van der Waals surface area contributed by atoms with Crippen molar-refractivity contribution in [3.8, 4) is 6.07 Å². The monoisotopic (exact) mass is 483 g/mol. The summed E-state index contributed by atoms with van der Waals surface area (Å²) in [5, 5.41) is 24.9. The van der Waals surface area contributed by atoms with Gasteiger partial charge in [0.25, 0.3) is 0 Å². The number of aliphatic hydroxyl groups is 1. The third kappa shape index (κ3) is 5.02. The Hall–Kier alpha value is -2.38. The molecule has 1 aliphatic rings. The van der Waals surface area contributed by atoms with Gasteiger partial charge >= 0.3 is 6.18 Å². The van der Waals surface area contributed by atoms with Crippen LogP contribution in [0.3, 0.4) is 0 Å². The number of nitriles is 1. The number of aromatic nitrogens is 2. The first kappa shape index (κ1) is 22.3. The molecule has 3 N–H and O–H groups in total. The van der Waals surface area contributed by atoms with E-state index in [0.29, 0.717) is 5.82 Å². The molecule has 0 amide bonds. The number of anilines is 3. The zero-order valence-electron chi connectivity index (χ0n) is 16.2. The fraction of sp³-hybridized carbons (Fsp3) is 0.450. The lowest BCUT2D eigenvalue weighted by Crippen LogP contribution is -2.32. The molecule has 2 atom stereocenters. The highest BCUT2D eigenvalue weighted by atomic mass is 79.9. The van der Waals surface area contributed by atoms with Crippen LogP contribution in [0.5, 0.6) is 0 Å². The minimum absolute atomic E-state index is 0.0318. The van der Waals surface area contributed by atoms with Gasteiger partial charge in [0.2, 0.25) is 5.95 Å². The van der Waals surface area contributed by atoms with Crippen molar-refractivity contribution in [3.63, 3.8) is 0 Å². The lowest BCUT2D eigenvalue weighted by molar-refractivity contribution is -0.138. The Bertz CT molecular complexity index is 961. The highest BCUT2D eigenvalue weighted by Gasteiger charge is 2.34. The molecule has 0 spiro atoms. The Balaban J connectivity index is 1.88. The lowest BCUT2D eigenvalue weighted by atomic mass is 9.85. The van der Waals surface area contributed by atoms with Gasteiger partial charge in [-0.05, 0) is 53.4 Å². The summed E-state index contributed by atoms with van der Waals surface area (Å²) in [7, 11) is 0. The number of aliphatic hydroxyl groups excluding tert-OH is 1. The van der Waals surface area contributed by atoms with Crippen molar-refractivity contribution in [2.75, 3.05) is 10.6 Å². The fourth-order valence-electron chi connectivity index (χ4n) is 3.49. The molecule has 160 valence electrons. The van der Waals surface area contributed by atoms with Crippen LogP contribution in [0.25, 0.3) is 0 Å². The molecule has 1 aromatic carbocycles. The van der Waals surface area contributed by atoms with E-state index in [1.807, 2.05) is 6.92 Å². The molecule has 1 saturated carbocycles. The zero-order chi connectivity index (χ0) is 21.9. The molecule has 0 bridgehead atoms. The smallest absolute Gasteiger partial charge is 0.392 e. The molecule has 0 aliphatic heterocycles. The maximum atomic E-state index is 13.3. The average Bonchev–Trinajstić information content (AvgIpc) is 2.71. The second kappa shape index (κ2) is 9.18. The third-order valence-corrected chi connectivity index (χ3v) is 6.04. The predicted octanol–water partition coefficient (Wildman–Crippen LogP) is 5.30. The van der Waals surface area contributed by atoms with Crippen LogP contribution in [0.4, 0.5) is 30.6 Å². The van der Waals surface area contributed by atoms with Gasteiger partial charge in [0.15, 0.2) is 0 Å². The van der Waals surface area contributed by atoms with E-state index in [2.05, 4.69) is 42.6 Å². The summed E-state index contributed by atoms with van der Waals surface area (Å²) in [6, 6.07) is 4.64. The molecular weight excluding hydrogens is 463 g/mol. The summed E-state index contributed by atoms with van der Waals surface area (Å²) < 4.78 is 39.8. The van der Waals surface area contributed by atoms with Gasteiger partial charge in [0.1, 0.15) is 5.82 Å². The van der Waals surface area contributed by atoms with Gasteiger partial charge in [-0.2, -0.15) is 23.4 Å². The summed E-state index contributed by atoms with van der Waals surface area (Å²) >= 11 is 2.91. The number of halogens is 4. The van der Waals surface area contributed by atoms with Gasteiger partial charge in [-0.1, -0.05) is 12.8 Å². The van der Waals surface area contributed by atoms with Crippen molar-refractivity contribution in [2.45, 2.75) is 51.4 Å². The number of rotatable bonds is 5. The molecule has 2 aromatic rings. The normalized spacial score (nSPS) is 19.2. The molecular formula is C20H21BrF3N5O. The first-order valence-electron chi connectivity index (χ1n) is 9.50. The second-order valence-corrected chi connectivity index (χ2v) is 8.07. The molecule has 1 heterocycles. The Morgan fingerprint density at radius 3 is 2.70 bits per heavy atom. The van der Waals surface area contributed by atoms with E-state index >= 15 is 0 Å². The lowest BCUT2D eigenvalue weighted by Gasteiger charge is -2.28. The van der Waals surface area contributed by atoms with Crippen LogP contribution in [-0.4, -0.2) is 21.1 Å². The molecule has 1 aliphatic carbocycles. The second-order valence-electron chi connectivity index (χ2n) is 7.27. The summed E-state index contributed by atoms with van der Waals surface area (Å²) in [5.74, 6) is 0.541. The molecule has 0 unspecified atom stereocenters. The minimum atomic E-state index is -4.59. The largest absolute Gasteiger partial charge is 0.417 e. The number of alkyl halides is 3. The van der Waals surface area contributed by atoms with Gasteiger partial charge in [0, 0.05) is 28.0 Å². The van der Waals surface area contributed by atoms with Crippen LogP contribution in [0.1, 0.15) is 42.4 Å². The third-order valence-electron chi connectivity index (χ3n) is 5.11. The molecule has 3 rings (SSSR count). The Labute approximate surface area is 180 Å². The quantitative estimate of drug-likeness (QED) is 0.534. The van der Waals surface area contributed by atoms with Crippen LogP contribution in [0.15, 0.2) is 22.8 Å². The number of aryl methyl sites for hydroxylation is 1. The zero-order valence-corrected chi connectivity index (χ0v) is 17.8. The summed E-state index contributed by atoms with van der Waals surface area (Å²) in [4.78, 5) is 8.56. The van der Waals surface area contributed by atoms with Crippen molar-refractivity contribution in [1.82, 2.24) is 9.97 Å². The Kier molecular flexibility index (Phi) is 6.83. The van der Waals surface area contributed by atoms with Crippen LogP contribution in [0, 0.1) is 24.2 Å². The van der Waals surface area contributed by atoms with Crippen molar-refractivity contribution in [3.05, 3.63) is 39.5 Å². The van der Waals surface area contributed by atoms with Crippen LogP contribution < -0.4 is 10.6 Å². The van der Waals surface area contributed by atoms with E-state index in [-0.39, 0.29) is 33.6 Å². The summed E-state index contributed by atoms with van der Waals surface area (Å²) in [6.45, 7) is 1.26. The van der Waals surface area contributed by atoms with Crippen LogP contribution in [-0.2, 0) is 12.8 Å². The first-order chi connectivity index (χ1) is 14.2. The highest BCUT2D eigenvalue weighted by molar-refractivity contribution is 9.10. The van der Waals surface area contributed by atoms with Gasteiger partial charge in [-0.25, -0.2) is 4.98 Å². The average molecular weight is 484 g/mol. The van der Waals surface area contributed by atoms with Crippen LogP contribution >= 0.6 is 15.9 Å². The van der Waals surface area contributed by atoms with E-state index in [0.717, 1.165) is 37.3 Å². The maximum Gasteiger partial charge on any atom is 0.417 e. The maximum absolute atomic E-state index is 13.3. The number of hydrogen-bond acceptors (Lipinski definition) is 6. The summed E-state index contributed by atoms with van der Waals surface area (Å²) in [5.41, 5.74) is 0.0699. The van der Waals surface area contributed by atoms with Crippen molar-refractivity contribution in [1.29, 1.82) is 5.26 Å². The van der Waals surface area contributed by atoms with E-state index < -0.39 is 18.3 Å². The van der Waals surface area contributed by atoms with Gasteiger partial charge in [0.05, 0.1) is 24.2 Å². The van der Waals surface area contributed by atoms with Crippen LogP contribution in [0.2, 0.25) is 0 Å². The predicted molar refractivity (Wildman–Crippen MR) is 110 cm³/mol. The first-order valence-corrected chi connectivity index (χ1v) is 10.3. The van der Waals surface area contributed by atoms with Gasteiger partial charge in [-0.15, -0.1) is 0 Å². The van der Waals surface area contributed by atoms with E-state index in [4.69, 9.17) is 0 Å². The van der Waals surface area contributed by atoms with E-state index in [1.165, 1.54) is 6.07 Å². The number of nitrogens with one attached hydrogen (secondary N) is 2. The molecule has 1 fully saturated rings. The summed E-state index contributed by atoms with van der Waals surface area (Å²) in [6.07, 6.45) is 0.698. The molecule has 30 heavy (non-hydrogen) atoms. The topological polar surface area (TPSA) is 93.9 Å². The number of benzene rings is 1. The van der Waals surface area contributed by atoms with Gasteiger partial charge < -0.3 is 15.7 Å². The molecule has 10 heteroatoms. The van der Waals surface area contributed by atoms with E-state index in [1.54, 1.807) is 6.20 Å². The fourth-order valence-corrected chi connectivity index (χ4v) is 4.07. The SMILES string of the molecule is Cc1cnc(Nc2cc(CO)c(Br)c(C(F)(F)F)c2)nc1N[C@@H]1CCCC[C@H]1C#N. The molecule has 0 saturated heterocycles. The molecule has 0 radical (unpaired) electrons. The van der Waals surface area contributed by atoms with E-state index in [9.17, 15) is 23.5 Å². The Morgan fingerprint density at radius 1 is 1.30 bits per heavy atom. The minimum Gasteiger partial charge on any atom is -0.392 e. The molecule has 6 nitrogen and oxygen atoms in total. The van der Waals surface area contributed by atoms with Crippen molar-refractivity contribution in [2.24, 2.45) is 5.92 Å². The number of nitrogens with zero attached hydrogens (tertiary/aromatic N) is 3. The molecule has 1 aromatic heterocycles.